The van der Waals surface area contributed by atoms with Gasteiger partial charge in [-0.3, -0.25) is 28.8 Å². The number of carbonyl (C=O) groups excluding carboxylic acids is 3. The van der Waals surface area contributed by atoms with Crippen molar-refractivity contribution in [3.63, 3.8) is 0 Å². The van der Waals surface area contributed by atoms with Crippen molar-refractivity contribution in [3.8, 4) is 0 Å². The van der Waals surface area contributed by atoms with Crippen molar-refractivity contribution < 1.29 is 14.4 Å². The van der Waals surface area contributed by atoms with Crippen LogP contribution in [0.15, 0.2) is 23.0 Å². The summed E-state index contributed by atoms with van der Waals surface area (Å²) in [5.41, 5.74) is 2.02. The van der Waals surface area contributed by atoms with E-state index in [-0.39, 0.29) is 23.8 Å². The Kier molecular flexibility index (Phi) is 3.90. The summed E-state index contributed by atoms with van der Waals surface area (Å²) in [6, 6.07) is 4.92. The minimum absolute atomic E-state index is 0.215. The van der Waals surface area contributed by atoms with Gasteiger partial charge in [-0.1, -0.05) is 6.07 Å². The first-order valence-electron chi connectivity index (χ1n) is 8.77. The number of piperidine rings is 2. The first-order chi connectivity index (χ1) is 12.5. The molecule has 1 aromatic heterocycles. The van der Waals surface area contributed by atoms with Crippen molar-refractivity contribution >= 4 is 34.3 Å². The summed E-state index contributed by atoms with van der Waals surface area (Å²) in [5, 5.41) is 2.32. The number of fused-ring (bicyclic) bond motifs is 1. The number of anilines is 1. The van der Waals surface area contributed by atoms with E-state index in [2.05, 4.69) is 10.2 Å². The van der Waals surface area contributed by atoms with E-state index in [9.17, 15) is 19.2 Å². The molecule has 1 atom stereocenters. The van der Waals surface area contributed by atoms with E-state index in [0.717, 1.165) is 11.2 Å². The number of amides is 2. The maximum Gasteiger partial charge on any atom is 0.329 e. The van der Waals surface area contributed by atoms with E-state index in [1.54, 1.807) is 11.6 Å². The summed E-state index contributed by atoms with van der Waals surface area (Å²) in [6.07, 6.45) is 1.52. The quantitative estimate of drug-likeness (QED) is 0.791. The van der Waals surface area contributed by atoms with Gasteiger partial charge in [0.25, 0.3) is 0 Å². The van der Waals surface area contributed by atoms with Crippen LogP contribution < -0.4 is 15.9 Å². The second kappa shape index (κ2) is 6.12. The smallest absolute Gasteiger partial charge is 0.329 e. The van der Waals surface area contributed by atoms with E-state index in [0.29, 0.717) is 37.9 Å². The highest BCUT2D eigenvalue weighted by Crippen LogP contribution is 2.30. The minimum atomic E-state index is -0.693. The normalized spacial score (nSPS) is 21.3. The van der Waals surface area contributed by atoms with Crippen LogP contribution in [0.2, 0.25) is 0 Å². The van der Waals surface area contributed by atoms with Crippen LogP contribution in [0, 0.1) is 0 Å². The fraction of sp³-hybridized carbons (Fsp3) is 0.444. The molecule has 136 valence electrons. The molecule has 3 heterocycles. The Morgan fingerprint density at radius 2 is 1.77 bits per heavy atom. The first kappa shape index (κ1) is 16.6. The third-order valence-corrected chi connectivity index (χ3v) is 5.26. The number of benzene rings is 1. The molecule has 1 aromatic carbocycles. The van der Waals surface area contributed by atoms with Gasteiger partial charge in [0.2, 0.25) is 11.8 Å². The number of nitrogens with one attached hydrogen (secondary N) is 1. The van der Waals surface area contributed by atoms with Crippen molar-refractivity contribution in [2.75, 3.05) is 18.0 Å². The van der Waals surface area contributed by atoms with E-state index in [1.807, 2.05) is 18.2 Å². The molecule has 0 aliphatic carbocycles. The van der Waals surface area contributed by atoms with Crippen LogP contribution in [0.3, 0.4) is 0 Å². The number of para-hydroxylation sites is 1. The van der Waals surface area contributed by atoms with Crippen molar-refractivity contribution in [1.29, 1.82) is 0 Å². The topological polar surface area (TPSA) is 93.4 Å². The van der Waals surface area contributed by atoms with Crippen LogP contribution in [0.25, 0.3) is 11.0 Å². The molecular formula is C18H20N4O4. The lowest BCUT2D eigenvalue weighted by atomic mass is 10.1. The predicted octanol–water partition coefficient (Wildman–Crippen LogP) is 0.487. The van der Waals surface area contributed by atoms with Crippen LogP contribution in [-0.2, 0) is 21.4 Å². The van der Waals surface area contributed by atoms with Gasteiger partial charge in [-0.25, -0.2) is 4.79 Å². The zero-order chi connectivity index (χ0) is 18.4. The zero-order valence-corrected chi connectivity index (χ0v) is 14.5. The molecule has 1 unspecified atom stereocenters. The molecule has 0 bridgehead atoms. The minimum Gasteiger partial charge on any atom is -0.369 e. The molecule has 0 spiro atoms. The third kappa shape index (κ3) is 2.53. The lowest BCUT2D eigenvalue weighted by molar-refractivity contribution is -0.135. The molecule has 2 amide bonds. The predicted molar refractivity (Wildman–Crippen MR) is 95.1 cm³/mol. The first-order valence-corrected chi connectivity index (χ1v) is 8.77. The summed E-state index contributed by atoms with van der Waals surface area (Å²) in [7, 11) is 1.69. The molecular weight excluding hydrogens is 336 g/mol. The fourth-order valence-electron chi connectivity index (χ4n) is 3.90. The third-order valence-electron chi connectivity index (χ3n) is 5.26. The summed E-state index contributed by atoms with van der Waals surface area (Å²) >= 11 is 0. The molecule has 2 aliphatic heterocycles. The average Bonchev–Trinajstić information content (AvgIpc) is 2.87. The highest BCUT2D eigenvalue weighted by Gasteiger charge is 2.32. The molecule has 2 saturated heterocycles. The summed E-state index contributed by atoms with van der Waals surface area (Å²) in [4.78, 5) is 50.3. The lowest BCUT2D eigenvalue weighted by Crippen LogP contribution is -2.44. The largest absolute Gasteiger partial charge is 0.369 e. The summed E-state index contributed by atoms with van der Waals surface area (Å²) in [6.45, 7) is 1.24. The Balaban J connectivity index is 1.84. The van der Waals surface area contributed by atoms with Crippen LogP contribution in [0.5, 0.6) is 0 Å². The van der Waals surface area contributed by atoms with Crippen molar-refractivity contribution in [2.24, 2.45) is 7.05 Å². The second-order valence-corrected chi connectivity index (χ2v) is 6.85. The molecule has 2 aliphatic rings. The maximum atomic E-state index is 12.9. The summed E-state index contributed by atoms with van der Waals surface area (Å²) in [5.74, 6) is -0.494. The Morgan fingerprint density at radius 1 is 1.04 bits per heavy atom. The van der Waals surface area contributed by atoms with Gasteiger partial charge < -0.3 is 4.90 Å². The van der Waals surface area contributed by atoms with Gasteiger partial charge in [0.15, 0.2) is 0 Å². The van der Waals surface area contributed by atoms with Crippen LogP contribution >= 0.6 is 0 Å². The molecule has 2 fully saturated rings. The number of imide groups is 1. The van der Waals surface area contributed by atoms with Gasteiger partial charge >= 0.3 is 5.69 Å². The number of nitrogens with zero attached hydrogens (tertiary/aromatic N) is 3. The van der Waals surface area contributed by atoms with Crippen molar-refractivity contribution in [3.05, 3.63) is 28.7 Å². The molecule has 8 heteroatoms. The Labute approximate surface area is 149 Å². The number of ketones is 1. The number of hydrogen-bond donors (Lipinski definition) is 1. The molecule has 8 nitrogen and oxygen atoms in total. The monoisotopic (exact) mass is 356 g/mol. The lowest BCUT2D eigenvalue weighted by Gasteiger charge is -2.29. The van der Waals surface area contributed by atoms with Gasteiger partial charge in [-0.15, -0.1) is 0 Å². The van der Waals surface area contributed by atoms with E-state index in [4.69, 9.17) is 0 Å². The van der Waals surface area contributed by atoms with Gasteiger partial charge in [0.05, 0.1) is 16.7 Å². The Bertz CT molecular complexity index is 977. The van der Waals surface area contributed by atoms with Gasteiger partial charge in [0.1, 0.15) is 11.8 Å². The van der Waals surface area contributed by atoms with Gasteiger partial charge in [-0.2, -0.15) is 0 Å². The van der Waals surface area contributed by atoms with Crippen LogP contribution in [0.4, 0.5) is 5.69 Å². The fourth-order valence-corrected chi connectivity index (χ4v) is 3.90. The number of aromatic nitrogens is 2. The highest BCUT2D eigenvalue weighted by atomic mass is 16.2. The van der Waals surface area contributed by atoms with Crippen LogP contribution in [-0.4, -0.2) is 39.8 Å². The zero-order valence-electron chi connectivity index (χ0n) is 14.5. The maximum absolute atomic E-state index is 12.9. The van der Waals surface area contributed by atoms with E-state index in [1.165, 1.54) is 4.57 Å². The number of rotatable bonds is 2. The van der Waals surface area contributed by atoms with E-state index < -0.39 is 11.9 Å². The van der Waals surface area contributed by atoms with Crippen molar-refractivity contribution in [2.45, 2.75) is 31.7 Å². The van der Waals surface area contributed by atoms with Gasteiger partial charge in [0, 0.05) is 39.4 Å². The molecule has 4 rings (SSSR count). The molecule has 0 radical (unpaired) electrons. The molecule has 2 aromatic rings. The number of hydrogen-bond acceptors (Lipinski definition) is 5. The summed E-state index contributed by atoms with van der Waals surface area (Å²) < 4.78 is 3.03. The Morgan fingerprint density at radius 3 is 2.46 bits per heavy atom. The second-order valence-electron chi connectivity index (χ2n) is 6.85. The number of imidazole rings is 1. The van der Waals surface area contributed by atoms with E-state index >= 15 is 0 Å². The van der Waals surface area contributed by atoms with Crippen molar-refractivity contribution in [1.82, 2.24) is 14.5 Å². The Hall–Kier alpha value is -2.90. The number of carbonyl (C=O) groups is 3. The average molecular weight is 356 g/mol. The number of aryl methyl sites for hydroxylation is 1. The van der Waals surface area contributed by atoms with Gasteiger partial charge in [-0.05, 0) is 18.6 Å². The molecule has 26 heavy (non-hydrogen) atoms. The molecule has 1 N–H and O–H groups in total. The van der Waals surface area contributed by atoms with Crippen LogP contribution in [0.1, 0.15) is 31.7 Å². The SMILES string of the molecule is Cn1c(=O)n(C2CCC(=O)NC2=O)c2cccc(N3CCC(=O)CC3)c21. The highest BCUT2D eigenvalue weighted by molar-refractivity contribution is 6.00. The standard InChI is InChI=1S/C18H20N4O4/c1-20-16-12(21-9-7-11(23)8-10-21)3-2-4-13(16)22(18(20)26)14-5-6-15(24)19-17(14)25/h2-4,14H,5-10H2,1H3,(H,19,24,25). The number of Topliss-reactive ketones (excluding diaryl/α,β-unsaturated/α-hetero) is 1. The molecule has 0 saturated carbocycles.